The maximum atomic E-state index is 12.5. The molecule has 0 aliphatic heterocycles. The van der Waals surface area contributed by atoms with Gasteiger partial charge in [0.2, 0.25) is 5.91 Å². The molecule has 1 N–H and O–H groups in total. The summed E-state index contributed by atoms with van der Waals surface area (Å²) in [7, 11) is 0. The van der Waals surface area contributed by atoms with Gasteiger partial charge in [-0.05, 0) is 42.6 Å². The maximum Gasteiger partial charge on any atom is 0.237 e. The van der Waals surface area contributed by atoms with Crippen molar-refractivity contribution in [3.8, 4) is 0 Å². The van der Waals surface area contributed by atoms with Crippen molar-refractivity contribution in [2.24, 2.45) is 0 Å². The second-order valence-electron chi connectivity index (χ2n) is 5.23. The van der Waals surface area contributed by atoms with Crippen molar-refractivity contribution >= 4 is 50.1 Å². The summed E-state index contributed by atoms with van der Waals surface area (Å²) in [6.07, 6.45) is 0. The van der Waals surface area contributed by atoms with E-state index in [1.54, 1.807) is 11.8 Å². The highest BCUT2D eigenvalue weighted by Gasteiger charge is 2.15. The lowest BCUT2D eigenvalue weighted by Crippen LogP contribution is -2.22. The predicted octanol–water partition coefficient (Wildman–Crippen LogP) is 5.72. The molecule has 0 unspecified atom stereocenters. The molecule has 0 aliphatic rings. The SMILES string of the molecule is C[C@H](Sc1ccc(Br)cc1)C(=O)Nc1cccc2ccccc12. The zero-order valence-electron chi connectivity index (χ0n) is 12.6. The first-order chi connectivity index (χ1) is 11.1. The Morgan fingerprint density at radius 1 is 1.00 bits per heavy atom. The van der Waals surface area contributed by atoms with Crippen LogP contribution in [0, 0.1) is 0 Å². The molecule has 23 heavy (non-hydrogen) atoms. The van der Waals surface area contributed by atoms with E-state index >= 15 is 0 Å². The highest BCUT2D eigenvalue weighted by Crippen LogP contribution is 2.27. The maximum absolute atomic E-state index is 12.5. The van der Waals surface area contributed by atoms with E-state index in [2.05, 4.69) is 21.2 Å². The molecule has 116 valence electrons. The molecule has 3 aromatic carbocycles. The molecule has 0 spiro atoms. The van der Waals surface area contributed by atoms with Crippen LogP contribution in [0.5, 0.6) is 0 Å². The van der Waals surface area contributed by atoms with Crippen molar-refractivity contribution in [1.29, 1.82) is 0 Å². The first kappa shape index (κ1) is 16.1. The van der Waals surface area contributed by atoms with E-state index < -0.39 is 0 Å². The number of amides is 1. The number of thioether (sulfide) groups is 1. The van der Waals surface area contributed by atoms with Gasteiger partial charge in [0.25, 0.3) is 0 Å². The van der Waals surface area contributed by atoms with E-state index in [-0.39, 0.29) is 11.2 Å². The van der Waals surface area contributed by atoms with Crippen LogP contribution in [0.25, 0.3) is 10.8 Å². The first-order valence-corrected chi connectivity index (χ1v) is 9.01. The highest BCUT2D eigenvalue weighted by atomic mass is 79.9. The van der Waals surface area contributed by atoms with Crippen molar-refractivity contribution in [2.75, 3.05) is 5.32 Å². The summed E-state index contributed by atoms with van der Waals surface area (Å²) in [5.74, 6) is 0.00859. The Morgan fingerprint density at radius 2 is 1.70 bits per heavy atom. The van der Waals surface area contributed by atoms with Gasteiger partial charge in [-0.2, -0.15) is 0 Å². The van der Waals surface area contributed by atoms with Crippen molar-refractivity contribution in [3.63, 3.8) is 0 Å². The van der Waals surface area contributed by atoms with Crippen LogP contribution in [0.1, 0.15) is 6.92 Å². The second kappa shape index (κ2) is 7.20. The lowest BCUT2D eigenvalue weighted by atomic mass is 10.1. The molecule has 0 saturated heterocycles. The lowest BCUT2D eigenvalue weighted by Gasteiger charge is -2.13. The molecule has 0 heterocycles. The van der Waals surface area contributed by atoms with Gasteiger partial charge in [0.05, 0.1) is 5.25 Å². The second-order valence-corrected chi connectivity index (χ2v) is 7.56. The fourth-order valence-electron chi connectivity index (χ4n) is 2.34. The number of carbonyl (C=O) groups excluding carboxylic acids is 1. The van der Waals surface area contributed by atoms with E-state index in [4.69, 9.17) is 0 Å². The van der Waals surface area contributed by atoms with E-state index in [1.165, 1.54) is 0 Å². The summed E-state index contributed by atoms with van der Waals surface area (Å²) in [4.78, 5) is 13.6. The average molecular weight is 386 g/mol. The van der Waals surface area contributed by atoms with Crippen LogP contribution in [0.15, 0.2) is 76.1 Å². The van der Waals surface area contributed by atoms with Crippen LogP contribution in [0.3, 0.4) is 0 Å². The minimum atomic E-state index is -0.171. The minimum absolute atomic E-state index is 0.00859. The highest BCUT2D eigenvalue weighted by molar-refractivity contribution is 9.10. The van der Waals surface area contributed by atoms with Gasteiger partial charge in [0.15, 0.2) is 0 Å². The molecule has 0 aromatic heterocycles. The predicted molar refractivity (Wildman–Crippen MR) is 102 cm³/mol. The third-order valence-electron chi connectivity index (χ3n) is 3.54. The van der Waals surface area contributed by atoms with Crippen molar-refractivity contribution in [3.05, 3.63) is 71.2 Å². The van der Waals surface area contributed by atoms with Crippen molar-refractivity contribution in [2.45, 2.75) is 17.1 Å². The Hall–Kier alpha value is -1.78. The van der Waals surface area contributed by atoms with Crippen LogP contribution in [-0.2, 0) is 4.79 Å². The summed E-state index contributed by atoms with van der Waals surface area (Å²) in [6, 6.07) is 22.0. The number of hydrogen-bond donors (Lipinski definition) is 1. The van der Waals surface area contributed by atoms with Crippen molar-refractivity contribution < 1.29 is 4.79 Å². The Bertz CT molecular complexity index is 827. The number of rotatable bonds is 4. The lowest BCUT2D eigenvalue weighted by molar-refractivity contribution is -0.115. The monoisotopic (exact) mass is 385 g/mol. The van der Waals surface area contributed by atoms with Gasteiger partial charge in [-0.1, -0.05) is 52.3 Å². The molecule has 0 radical (unpaired) electrons. The third-order valence-corrected chi connectivity index (χ3v) is 5.18. The van der Waals surface area contributed by atoms with Gasteiger partial charge in [-0.25, -0.2) is 0 Å². The number of anilines is 1. The Kier molecular flexibility index (Phi) is 5.03. The molecular weight excluding hydrogens is 370 g/mol. The number of nitrogens with one attached hydrogen (secondary N) is 1. The molecule has 3 rings (SSSR count). The Morgan fingerprint density at radius 3 is 2.48 bits per heavy atom. The number of fused-ring (bicyclic) bond motifs is 1. The number of halogens is 1. The van der Waals surface area contributed by atoms with E-state index in [0.717, 1.165) is 25.8 Å². The van der Waals surface area contributed by atoms with Gasteiger partial charge >= 0.3 is 0 Å². The van der Waals surface area contributed by atoms with Gasteiger partial charge in [0.1, 0.15) is 0 Å². The van der Waals surface area contributed by atoms with E-state index in [0.29, 0.717) is 0 Å². The minimum Gasteiger partial charge on any atom is -0.325 e. The zero-order chi connectivity index (χ0) is 16.2. The van der Waals surface area contributed by atoms with Crippen LogP contribution in [0.4, 0.5) is 5.69 Å². The Labute approximate surface area is 148 Å². The van der Waals surface area contributed by atoms with Crippen molar-refractivity contribution in [1.82, 2.24) is 0 Å². The topological polar surface area (TPSA) is 29.1 Å². The van der Waals surface area contributed by atoms with Gasteiger partial charge < -0.3 is 5.32 Å². The van der Waals surface area contributed by atoms with Crippen LogP contribution in [-0.4, -0.2) is 11.2 Å². The fourth-order valence-corrected chi connectivity index (χ4v) is 3.47. The fraction of sp³-hybridized carbons (Fsp3) is 0.105. The number of hydrogen-bond acceptors (Lipinski definition) is 2. The van der Waals surface area contributed by atoms with E-state index in [9.17, 15) is 4.79 Å². The van der Waals surface area contributed by atoms with Gasteiger partial charge in [-0.3, -0.25) is 4.79 Å². The molecule has 0 saturated carbocycles. The van der Waals surface area contributed by atoms with Crippen LogP contribution < -0.4 is 5.32 Å². The van der Waals surface area contributed by atoms with Crippen LogP contribution >= 0.6 is 27.7 Å². The Balaban J connectivity index is 1.74. The molecular formula is C19H16BrNOS. The van der Waals surface area contributed by atoms with E-state index in [1.807, 2.05) is 73.7 Å². The number of carbonyl (C=O) groups is 1. The average Bonchev–Trinajstić information content (AvgIpc) is 2.57. The molecule has 4 heteroatoms. The first-order valence-electron chi connectivity index (χ1n) is 7.34. The van der Waals surface area contributed by atoms with Gasteiger partial charge in [0, 0.05) is 20.4 Å². The largest absolute Gasteiger partial charge is 0.325 e. The summed E-state index contributed by atoms with van der Waals surface area (Å²) in [5, 5.41) is 5.06. The normalized spacial score (nSPS) is 12.1. The summed E-state index contributed by atoms with van der Waals surface area (Å²) in [5.41, 5.74) is 0.858. The van der Waals surface area contributed by atoms with Gasteiger partial charge in [-0.15, -0.1) is 11.8 Å². The third kappa shape index (κ3) is 3.95. The molecule has 1 amide bonds. The molecule has 0 fully saturated rings. The summed E-state index contributed by atoms with van der Waals surface area (Å²) in [6.45, 7) is 1.92. The van der Waals surface area contributed by atoms with Crippen LogP contribution in [0.2, 0.25) is 0 Å². The molecule has 2 nitrogen and oxygen atoms in total. The molecule has 3 aromatic rings. The smallest absolute Gasteiger partial charge is 0.237 e. The number of benzene rings is 3. The molecule has 0 bridgehead atoms. The molecule has 0 aliphatic carbocycles. The summed E-state index contributed by atoms with van der Waals surface area (Å²) < 4.78 is 1.04. The molecule has 1 atom stereocenters. The zero-order valence-corrected chi connectivity index (χ0v) is 15.0. The quantitative estimate of drug-likeness (QED) is 0.581. The standard InChI is InChI=1S/C19H16BrNOS/c1-13(23-16-11-9-15(20)10-12-16)19(22)21-18-8-4-6-14-5-2-3-7-17(14)18/h2-13H,1H3,(H,21,22)/t13-/m0/s1. The summed E-state index contributed by atoms with van der Waals surface area (Å²) >= 11 is 4.97.